The smallest absolute Gasteiger partial charge is 0.271 e. The predicted octanol–water partition coefficient (Wildman–Crippen LogP) is 3.56. The highest BCUT2D eigenvalue weighted by Crippen LogP contribution is 2.30. The number of nitrogens with zero attached hydrogens (tertiary/aromatic N) is 3. The van der Waals surface area contributed by atoms with Crippen molar-refractivity contribution in [3.63, 3.8) is 0 Å². The van der Waals surface area contributed by atoms with Crippen LogP contribution in [0.5, 0.6) is 0 Å². The van der Waals surface area contributed by atoms with Gasteiger partial charge in [0.15, 0.2) is 0 Å². The second-order valence-electron chi connectivity index (χ2n) is 6.74. The van der Waals surface area contributed by atoms with Crippen molar-refractivity contribution in [1.82, 2.24) is 0 Å². The molecule has 0 aromatic heterocycles. The largest absolute Gasteiger partial charge is 0.322 e. The van der Waals surface area contributed by atoms with Crippen LogP contribution in [-0.2, 0) is 0 Å². The number of anilines is 2. The molecule has 0 fully saturated rings. The van der Waals surface area contributed by atoms with Gasteiger partial charge in [-0.2, -0.15) is 0 Å². The van der Waals surface area contributed by atoms with E-state index >= 15 is 0 Å². The molecule has 11 nitrogen and oxygen atoms in total. The number of carbonyl (C=O) groups excluding carboxylic acids is 3. The first kappa shape index (κ1) is 20.3. The monoisotopic (exact) mass is 432 g/mol. The van der Waals surface area contributed by atoms with Gasteiger partial charge in [-0.25, -0.2) is 4.90 Å². The number of hydrogen-bond donors (Lipinski definition) is 1. The maximum absolute atomic E-state index is 12.8. The molecule has 0 unspecified atom stereocenters. The van der Waals surface area contributed by atoms with Crippen LogP contribution in [0.3, 0.4) is 0 Å². The summed E-state index contributed by atoms with van der Waals surface area (Å²) >= 11 is 0. The van der Waals surface area contributed by atoms with Crippen LogP contribution in [0.15, 0.2) is 66.7 Å². The average Bonchev–Trinajstić information content (AvgIpc) is 3.03. The quantitative estimate of drug-likeness (QED) is 0.367. The highest BCUT2D eigenvalue weighted by Gasteiger charge is 2.37. The maximum atomic E-state index is 12.8. The predicted molar refractivity (Wildman–Crippen MR) is 112 cm³/mol. The minimum absolute atomic E-state index is 0.0000417. The fourth-order valence-corrected chi connectivity index (χ4v) is 3.24. The standard InChI is InChI=1S/C21H12N4O7/c26-19(22-13-2-1-3-16(11-13)25(31)32)12-4-9-17-18(10-12)21(28)23(20(17)27)14-5-7-15(8-6-14)24(29)30/h1-11H,(H,22,26). The molecule has 3 amide bonds. The molecule has 1 aliphatic heterocycles. The van der Waals surface area contributed by atoms with Gasteiger partial charge < -0.3 is 5.32 Å². The van der Waals surface area contributed by atoms with Crippen molar-refractivity contribution in [2.45, 2.75) is 0 Å². The summed E-state index contributed by atoms with van der Waals surface area (Å²) in [5, 5.41) is 24.2. The normalized spacial score (nSPS) is 12.4. The zero-order valence-electron chi connectivity index (χ0n) is 16.1. The Bertz CT molecular complexity index is 1320. The number of benzene rings is 3. The Morgan fingerprint density at radius 1 is 0.781 bits per heavy atom. The van der Waals surface area contributed by atoms with Crippen molar-refractivity contribution < 1.29 is 24.2 Å². The third kappa shape index (κ3) is 3.54. The third-order valence-electron chi connectivity index (χ3n) is 4.78. The van der Waals surface area contributed by atoms with Gasteiger partial charge in [0.05, 0.1) is 26.7 Å². The van der Waals surface area contributed by atoms with Gasteiger partial charge >= 0.3 is 0 Å². The van der Waals surface area contributed by atoms with Crippen molar-refractivity contribution in [3.05, 3.63) is 104 Å². The lowest BCUT2D eigenvalue weighted by molar-refractivity contribution is -0.385. The highest BCUT2D eigenvalue weighted by atomic mass is 16.6. The van der Waals surface area contributed by atoms with E-state index in [9.17, 15) is 34.6 Å². The van der Waals surface area contributed by atoms with Gasteiger partial charge in [-0.05, 0) is 36.4 Å². The van der Waals surface area contributed by atoms with Gasteiger partial charge in [0.1, 0.15) is 0 Å². The molecule has 1 N–H and O–H groups in total. The van der Waals surface area contributed by atoms with Crippen LogP contribution >= 0.6 is 0 Å². The number of amides is 3. The molecule has 0 saturated carbocycles. The van der Waals surface area contributed by atoms with Gasteiger partial charge in [-0.1, -0.05) is 6.07 Å². The summed E-state index contributed by atoms with van der Waals surface area (Å²) in [6.45, 7) is 0. The molecule has 0 spiro atoms. The van der Waals surface area contributed by atoms with Gasteiger partial charge in [0.2, 0.25) is 0 Å². The van der Waals surface area contributed by atoms with Crippen molar-refractivity contribution in [1.29, 1.82) is 0 Å². The van der Waals surface area contributed by atoms with Crippen molar-refractivity contribution in [2.24, 2.45) is 0 Å². The molecule has 0 aliphatic carbocycles. The van der Waals surface area contributed by atoms with Crippen LogP contribution < -0.4 is 10.2 Å². The van der Waals surface area contributed by atoms with Gasteiger partial charge in [-0.15, -0.1) is 0 Å². The number of carbonyl (C=O) groups is 3. The molecular formula is C21H12N4O7. The van der Waals surface area contributed by atoms with E-state index in [1.807, 2.05) is 0 Å². The van der Waals surface area contributed by atoms with Gasteiger partial charge in [-0.3, -0.25) is 34.6 Å². The summed E-state index contributed by atoms with van der Waals surface area (Å²) in [5.74, 6) is -1.92. The minimum Gasteiger partial charge on any atom is -0.322 e. The number of nitro groups is 2. The number of imide groups is 1. The average molecular weight is 432 g/mol. The van der Waals surface area contributed by atoms with E-state index in [2.05, 4.69) is 5.32 Å². The van der Waals surface area contributed by atoms with Gasteiger partial charge in [0, 0.05) is 35.5 Å². The lowest BCUT2D eigenvalue weighted by Crippen LogP contribution is -2.29. The Morgan fingerprint density at radius 3 is 2.09 bits per heavy atom. The van der Waals surface area contributed by atoms with Crippen LogP contribution in [-0.4, -0.2) is 27.6 Å². The Kier molecular flexibility index (Phi) is 4.91. The van der Waals surface area contributed by atoms with Crippen LogP contribution in [0.25, 0.3) is 0 Å². The first-order chi connectivity index (χ1) is 15.3. The lowest BCUT2D eigenvalue weighted by Gasteiger charge is -2.13. The molecule has 1 aliphatic rings. The first-order valence-corrected chi connectivity index (χ1v) is 9.09. The molecule has 3 aromatic rings. The number of nitro benzene ring substituents is 2. The molecule has 0 saturated heterocycles. The molecule has 158 valence electrons. The SMILES string of the molecule is O=C(Nc1cccc([N+](=O)[O-])c1)c1ccc2c(c1)C(=O)N(c1ccc([N+](=O)[O-])cc1)C2=O. The Morgan fingerprint density at radius 2 is 1.44 bits per heavy atom. The number of fused-ring (bicyclic) bond motifs is 1. The van der Waals surface area contributed by atoms with Crippen LogP contribution in [0.1, 0.15) is 31.1 Å². The number of hydrogen-bond acceptors (Lipinski definition) is 7. The van der Waals surface area contributed by atoms with E-state index in [0.29, 0.717) is 0 Å². The van der Waals surface area contributed by atoms with E-state index in [1.165, 1.54) is 66.7 Å². The topological polar surface area (TPSA) is 153 Å². The molecule has 4 rings (SSSR count). The van der Waals surface area contributed by atoms with Gasteiger partial charge in [0.25, 0.3) is 29.1 Å². The summed E-state index contributed by atoms with van der Waals surface area (Å²) < 4.78 is 0. The Labute approximate surface area is 179 Å². The summed E-state index contributed by atoms with van der Waals surface area (Å²) in [4.78, 5) is 59.5. The van der Waals surface area contributed by atoms with E-state index in [1.54, 1.807) is 0 Å². The summed E-state index contributed by atoms with van der Waals surface area (Å²) in [6, 6.07) is 14.2. The number of nitrogens with one attached hydrogen (secondary N) is 1. The van der Waals surface area contributed by atoms with Crippen molar-refractivity contribution in [3.8, 4) is 0 Å². The molecule has 0 bridgehead atoms. The van der Waals surface area contributed by atoms with Crippen LogP contribution in [0.4, 0.5) is 22.7 Å². The van der Waals surface area contributed by atoms with E-state index in [-0.39, 0.29) is 39.4 Å². The fraction of sp³-hybridized carbons (Fsp3) is 0. The molecule has 0 radical (unpaired) electrons. The molecule has 3 aromatic carbocycles. The second-order valence-corrected chi connectivity index (χ2v) is 6.74. The zero-order valence-corrected chi connectivity index (χ0v) is 16.1. The molecular weight excluding hydrogens is 420 g/mol. The van der Waals surface area contributed by atoms with E-state index < -0.39 is 27.6 Å². The highest BCUT2D eigenvalue weighted by molar-refractivity contribution is 6.34. The molecule has 32 heavy (non-hydrogen) atoms. The second kappa shape index (κ2) is 7.72. The Hall–Kier alpha value is -4.93. The number of non-ortho nitro benzene ring substituents is 2. The summed E-state index contributed by atoms with van der Waals surface area (Å²) in [6.07, 6.45) is 0. The minimum atomic E-state index is -0.677. The van der Waals surface area contributed by atoms with Crippen molar-refractivity contribution in [2.75, 3.05) is 10.2 Å². The third-order valence-corrected chi connectivity index (χ3v) is 4.78. The lowest BCUT2D eigenvalue weighted by atomic mass is 10.1. The zero-order chi connectivity index (χ0) is 23.0. The molecule has 11 heteroatoms. The first-order valence-electron chi connectivity index (χ1n) is 9.09. The molecule has 0 atom stereocenters. The van der Waals surface area contributed by atoms with Crippen molar-refractivity contribution >= 4 is 40.5 Å². The van der Waals surface area contributed by atoms with E-state index in [4.69, 9.17) is 0 Å². The Balaban J connectivity index is 1.60. The van der Waals surface area contributed by atoms with Crippen LogP contribution in [0, 0.1) is 20.2 Å². The van der Waals surface area contributed by atoms with Crippen LogP contribution in [0.2, 0.25) is 0 Å². The molecule has 1 heterocycles. The summed E-state index contributed by atoms with van der Waals surface area (Å²) in [7, 11) is 0. The maximum Gasteiger partial charge on any atom is 0.271 e. The van der Waals surface area contributed by atoms with E-state index in [0.717, 1.165) is 4.90 Å². The number of rotatable bonds is 5. The summed E-state index contributed by atoms with van der Waals surface area (Å²) in [5.41, 5.74) is 0.119. The fourth-order valence-electron chi connectivity index (χ4n) is 3.24.